The Kier molecular flexibility index (Phi) is 2.91. The maximum Gasteiger partial charge on any atom is 0.257 e. The van der Waals surface area contributed by atoms with Crippen LogP contribution in [0, 0.1) is 0 Å². The van der Waals surface area contributed by atoms with Gasteiger partial charge in [0.05, 0.1) is 11.4 Å². The van der Waals surface area contributed by atoms with E-state index in [9.17, 15) is 4.79 Å². The number of rotatable bonds is 1. The molecule has 2 aromatic carbocycles. The van der Waals surface area contributed by atoms with Crippen LogP contribution in [0.2, 0.25) is 0 Å². The van der Waals surface area contributed by atoms with E-state index in [1.807, 2.05) is 48.5 Å². The van der Waals surface area contributed by atoms with Crippen LogP contribution in [0.5, 0.6) is 0 Å². The number of para-hydroxylation sites is 2. The fraction of sp³-hybridized carbons (Fsp3) is 0.0625. The van der Waals surface area contributed by atoms with Gasteiger partial charge in [-0.2, -0.15) is 0 Å². The molecule has 0 radical (unpaired) electrons. The minimum atomic E-state index is -0.0554. The van der Waals surface area contributed by atoms with Crippen LogP contribution >= 0.6 is 11.8 Å². The van der Waals surface area contributed by atoms with Gasteiger partial charge in [-0.05, 0) is 31.2 Å². The Morgan fingerprint density at radius 1 is 1.00 bits per heavy atom. The minimum Gasteiger partial charge on any atom is -0.275 e. The predicted octanol–water partition coefficient (Wildman–Crippen LogP) is 4.39. The molecule has 0 N–H and O–H groups in total. The van der Waals surface area contributed by atoms with Gasteiger partial charge >= 0.3 is 0 Å². The Bertz CT molecular complexity index is 632. The summed E-state index contributed by atoms with van der Waals surface area (Å²) in [5, 5.41) is 0. The molecule has 0 spiro atoms. The standard InChI is InChI=1S/C16H13NOS/c1-11(2)16(18)17-12-7-3-5-9-14(12)19-15-10-6-4-8-13(15)17/h3-10H,1H2,2H3. The smallest absolute Gasteiger partial charge is 0.257 e. The zero-order valence-electron chi connectivity index (χ0n) is 10.6. The van der Waals surface area contributed by atoms with Gasteiger partial charge in [-0.15, -0.1) is 0 Å². The summed E-state index contributed by atoms with van der Waals surface area (Å²) in [4.78, 5) is 16.4. The lowest BCUT2D eigenvalue weighted by molar-refractivity contribution is -0.114. The molecular weight excluding hydrogens is 254 g/mol. The van der Waals surface area contributed by atoms with Crippen molar-refractivity contribution in [2.24, 2.45) is 0 Å². The van der Waals surface area contributed by atoms with Crippen molar-refractivity contribution in [2.45, 2.75) is 16.7 Å². The van der Waals surface area contributed by atoms with E-state index in [-0.39, 0.29) is 5.91 Å². The van der Waals surface area contributed by atoms with E-state index >= 15 is 0 Å². The molecule has 0 saturated carbocycles. The lowest BCUT2D eigenvalue weighted by Gasteiger charge is -2.31. The average molecular weight is 267 g/mol. The molecule has 0 aromatic heterocycles. The van der Waals surface area contributed by atoms with Crippen molar-refractivity contribution in [3.8, 4) is 0 Å². The van der Waals surface area contributed by atoms with Crippen molar-refractivity contribution in [1.82, 2.24) is 0 Å². The van der Waals surface area contributed by atoms with Gasteiger partial charge < -0.3 is 0 Å². The summed E-state index contributed by atoms with van der Waals surface area (Å²) in [6.07, 6.45) is 0. The van der Waals surface area contributed by atoms with Gasteiger partial charge in [0.2, 0.25) is 0 Å². The van der Waals surface area contributed by atoms with E-state index in [4.69, 9.17) is 0 Å². The third kappa shape index (κ3) is 1.96. The highest BCUT2D eigenvalue weighted by Crippen LogP contribution is 2.48. The summed E-state index contributed by atoms with van der Waals surface area (Å²) in [6.45, 7) is 5.52. The number of amides is 1. The van der Waals surface area contributed by atoms with E-state index in [1.165, 1.54) is 0 Å². The third-order valence-electron chi connectivity index (χ3n) is 3.00. The molecule has 1 heterocycles. The number of fused-ring (bicyclic) bond motifs is 2. The van der Waals surface area contributed by atoms with Crippen LogP contribution < -0.4 is 4.90 Å². The molecule has 3 rings (SSSR count). The van der Waals surface area contributed by atoms with Crippen LogP contribution in [0.1, 0.15) is 6.92 Å². The molecule has 0 saturated heterocycles. The largest absolute Gasteiger partial charge is 0.275 e. The van der Waals surface area contributed by atoms with Gasteiger partial charge in [0, 0.05) is 15.4 Å². The fourth-order valence-corrected chi connectivity index (χ4v) is 3.17. The summed E-state index contributed by atoms with van der Waals surface area (Å²) >= 11 is 1.69. The normalized spacial score (nSPS) is 12.6. The summed E-state index contributed by atoms with van der Waals surface area (Å²) in [5.74, 6) is -0.0554. The third-order valence-corrected chi connectivity index (χ3v) is 4.13. The van der Waals surface area contributed by atoms with Gasteiger partial charge in [-0.3, -0.25) is 9.69 Å². The van der Waals surface area contributed by atoms with Crippen molar-refractivity contribution >= 4 is 29.0 Å². The Morgan fingerprint density at radius 2 is 1.47 bits per heavy atom. The molecule has 0 aliphatic carbocycles. The Labute approximate surface area is 116 Å². The van der Waals surface area contributed by atoms with Gasteiger partial charge in [0.1, 0.15) is 0 Å². The first-order valence-corrected chi connectivity index (χ1v) is 6.86. The number of nitrogens with zero attached hydrogens (tertiary/aromatic N) is 1. The average Bonchev–Trinajstić information content (AvgIpc) is 2.43. The second-order valence-electron chi connectivity index (χ2n) is 4.46. The quantitative estimate of drug-likeness (QED) is 0.714. The summed E-state index contributed by atoms with van der Waals surface area (Å²) in [7, 11) is 0. The summed E-state index contributed by atoms with van der Waals surface area (Å²) < 4.78 is 0. The Morgan fingerprint density at radius 3 is 1.95 bits per heavy atom. The molecule has 0 atom stereocenters. The second-order valence-corrected chi connectivity index (χ2v) is 5.54. The van der Waals surface area contributed by atoms with Crippen molar-refractivity contribution in [1.29, 1.82) is 0 Å². The van der Waals surface area contributed by atoms with Crippen LogP contribution in [-0.2, 0) is 4.79 Å². The zero-order valence-corrected chi connectivity index (χ0v) is 11.4. The molecule has 0 bridgehead atoms. The molecule has 94 valence electrons. The number of anilines is 2. The van der Waals surface area contributed by atoms with Crippen molar-refractivity contribution in [2.75, 3.05) is 4.90 Å². The van der Waals surface area contributed by atoms with E-state index in [1.54, 1.807) is 23.6 Å². The molecule has 19 heavy (non-hydrogen) atoms. The van der Waals surface area contributed by atoms with Crippen LogP contribution in [0.15, 0.2) is 70.5 Å². The van der Waals surface area contributed by atoms with Gasteiger partial charge in [0.15, 0.2) is 0 Å². The number of carbonyl (C=O) groups excluding carboxylic acids is 1. The number of benzene rings is 2. The highest BCUT2D eigenvalue weighted by atomic mass is 32.2. The van der Waals surface area contributed by atoms with Crippen molar-refractivity contribution in [3.63, 3.8) is 0 Å². The van der Waals surface area contributed by atoms with Gasteiger partial charge in [-0.25, -0.2) is 0 Å². The molecule has 0 fully saturated rings. The number of hydrogen-bond acceptors (Lipinski definition) is 2. The van der Waals surface area contributed by atoms with Crippen LogP contribution in [-0.4, -0.2) is 5.91 Å². The molecule has 2 nitrogen and oxygen atoms in total. The first-order valence-electron chi connectivity index (χ1n) is 6.04. The molecule has 1 amide bonds. The van der Waals surface area contributed by atoms with Crippen LogP contribution in [0.3, 0.4) is 0 Å². The number of carbonyl (C=O) groups is 1. The molecule has 2 aromatic rings. The van der Waals surface area contributed by atoms with E-state index in [2.05, 4.69) is 6.58 Å². The number of hydrogen-bond donors (Lipinski definition) is 0. The Balaban J connectivity index is 2.22. The molecular formula is C16H13NOS. The zero-order chi connectivity index (χ0) is 13.4. The highest BCUT2D eigenvalue weighted by molar-refractivity contribution is 7.99. The fourth-order valence-electron chi connectivity index (χ4n) is 2.11. The summed E-state index contributed by atoms with van der Waals surface area (Å²) in [5.41, 5.74) is 2.40. The van der Waals surface area contributed by atoms with Crippen molar-refractivity contribution in [3.05, 3.63) is 60.7 Å². The van der Waals surface area contributed by atoms with E-state index in [0.29, 0.717) is 5.57 Å². The van der Waals surface area contributed by atoms with Gasteiger partial charge in [-0.1, -0.05) is 42.6 Å². The van der Waals surface area contributed by atoms with Crippen molar-refractivity contribution < 1.29 is 4.79 Å². The lowest BCUT2D eigenvalue weighted by Crippen LogP contribution is -2.28. The Hall–Kier alpha value is -2.00. The maximum atomic E-state index is 12.4. The molecule has 0 unspecified atom stereocenters. The first-order chi connectivity index (χ1) is 9.18. The van der Waals surface area contributed by atoms with Crippen LogP contribution in [0.25, 0.3) is 0 Å². The van der Waals surface area contributed by atoms with Gasteiger partial charge in [0.25, 0.3) is 5.91 Å². The minimum absolute atomic E-state index is 0.0554. The lowest BCUT2D eigenvalue weighted by atomic mass is 10.2. The topological polar surface area (TPSA) is 20.3 Å². The monoisotopic (exact) mass is 267 g/mol. The predicted molar refractivity (Wildman–Crippen MR) is 79.0 cm³/mol. The molecule has 1 aliphatic heterocycles. The van der Waals surface area contributed by atoms with E-state index in [0.717, 1.165) is 21.2 Å². The SMILES string of the molecule is C=C(C)C(=O)N1c2ccccc2Sc2ccccc21. The first kappa shape index (κ1) is 12.1. The molecule has 3 heteroatoms. The van der Waals surface area contributed by atoms with E-state index < -0.39 is 0 Å². The highest BCUT2D eigenvalue weighted by Gasteiger charge is 2.27. The second kappa shape index (κ2) is 4.59. The molecule has 1 aliphatic rings. The van der Waals surface area contributed by atoms with Crippen LogP contribution in [0.4, 0.5) is 11.4 Å². The summed E-state index contributed by atoms with van der Waals surface area (Å²) in [6, 6.07) is 15.9. The maximum absolute atomic E-state index is 12.4.